The molecule has 0 aliphatic heterocycles. The zero-order valence-electron chi connectivity index (χ0n) is 15.8. The molecule has 3 heterocycles. The number of hydrogen-bond acceptors (Lipinski definition) is 5. The maximum atomic E-state index is 12.4. The third-order valence-electron chi connectivity index (χ3n) is 4.49. The van der Waals surface area contributed by atoms with Gasteiger partial charge >= 0.3 is 0 Å². The van der Waals surface area contributed by atoms with Crippen molar-refractivity contribution < 1.29 is 9.53 Å². The SMILES string of the molecule is COc1ccccc1CC(=O)NCc1cc(=O)n2[nH]c(-c3cccnc3)cc2n1. The van der Waals surface area contributed by atoms with E-state index in [2.05, 4.69) is 20.4 Å². The molecule has 1 amide bonds. The van der Waals surface area contributed by atoms with E-state index in [-0.39, 0.29) is 24.4 Å². The average molecular weight is 389 g/mol. The number of fused-ring (bicyclic) bond motifs is 1. The van der Waals surface area contributed by atoms with Gasteiger partial charge in [-0.15, -0.1) is 0 Å². The van der Waals surface area contributed by atoms with E-state index in [1.165, 1.54) is 10.6 Å². The van der Waals surface area contributed by atoms with Gasteiger partial charge in [-0.25, -0.2) is 9.50 Å². The number of para-hydroxylation sites is 1. The lowest BCUT2D eigenvalue weighted by Gasteiger charge is -2.08. The van der Waals surface area contributed by atoms with Crippen LogP contribution in [0.15, 0.2) is 65.7 Å². The zero-order valence-corrected chi connectivity index (χ0v) is 15.8. The Morgan fingerprint density at radius 1 is 1.21 bits per heavy atom. The van der Waals surface area contributed by atoms with Crippen LogP contribution < -0.4 is 15.6 Å². The first-order chi connectivity index (χ1) is 14.1. The molecule has 0 saturated carbocycles. The van der Waals surface area contributed by atoms with E-state index in [0.717, 1.165) is 16.8 Å². The number of aromatic amines is 1. The van der Waals surface area contributed by atoms with E-state index in [9.17, 15) is 9.59 Å². The highest BCUT2D eigenvalue weighted by atomic mass is 16.5. The fourth-order valence-electron chi connectivity index (χ4n) is 3.07. The lowest BCUT2D eigenvalue weighted by Crippen LogP contribution is -2.26. The molecule has 146 valence electrons. The first-order valence-electron chi connectivity index (χ1n) is 9.05. The summed E-state index contributed by atoms with van der Waals surface area (Å²) in [6, 6.07) is 14.2. The second-order valence-corrected chi connectivity index (χ2v) is 6.46. The number of nitrogens with zero attached hydrogens (tertiary/aromatic N) is 3. The molecule has 29 heavy (non-hydrogen) atoms. The van der Waals surface area contributed by atoms with Gasteiger partial charge in [0.25, 0.3) is 5.56 Å². The molecule has 0 unspecified atom stereocenters. The number of rotatable bonds is 6. The summed E-state index contributed by atoms with van der Waals surface area (Å²) in [4.78, 5) is 33.3. The quantitative estimate of drug-likeness (QED) is 0.525. The first kappa shape index (κ1) is 18.4. The van der Waals surface area contributed by atoms with Gasteiger partial charge in [0.15, 0.2) is 5.65 Å². The summed E-state index contributed by atoms with van der Waals surface area (Å²) < 4.78 is 6.63. The highest BCUT2D eigenvalue weighted by Crippen LogP contribution is 2.18. The van der Waals surface area contributed by atoms with E-state index in [4.69, 9.17) is 4.74 Å². The number of carbonyl (C=O) groups is 1. The van der Waals surface area contributed by atoms with E-state index in [1.54, 1.807) is 25.6 Å². The minimum atomic E-state index is -0.251. The second-order valence-electron chi connectivity index (χ2n) is 6.46. The first-order valence-corrected chi connectivity index (χ1v) is 9.05. The third kappa shape index (κ3) is 4.01. The molecule has 8 heteroatoms. The topological polar surface area (TPSA) is 101 Å². The molecule has 0 aliphatic rings. The minimum absolute atomic E-state index is 0.160. The Balaban J connectivity index is 1.50. The van der Waals surface area contributed by atoms with Crippen LogP contribution in [0.1, 0.15) is 11.3 Å². The monoisotopic (exact) mass is 389 g/mol. The number of pyridine rings is 1. The summed E-state index contributed by atoms with van der Waals surface area (Å²) >= 11 is 0. The normalized spacial score (nSPS) is 10.8. The molecule has 1 aromatic carbocycles. The van der Waals surface area contributed by atoms with Gasteiger partial charge in [-0.1, -0.05) is 18.2 Å². The Morgan fingerprint density at radius 2 is 2.07 bits per heavy atom. The fraction of sp³-hybridized carbons (Fsp3) is 0.143. The van der Waals surface area contributed by atoms with Crippen molar-refractivity contribution in [3.05, 3.63) is 82.5 Å². The number of methoxy groups -OCH3 is 1. The minimum Gasteiger partial charge on any atom is -0.496 e. The summed E-state index contributed by atoms with van der Waals surface area (Å²) in [5, 5.41) is 5.82. The predicted molar refractivity (Wildman–Crippen MR) is 108 cm³/mol. The number of nitrogens with one attached hydrogen (secondary N) is 2. The van der Waals surface area contributed by atoms with Crippen molar-refractivity contribution in [3.63, 3.8) is 0 Å². The van der Waals surface area contributed by atoms with Gasteiger partial charge < -0.3 is 10.1 Å². The highest BCUT2D eigenvalue weighted by molar-refractivity contribution is 5.79. The third-order valence-corrected chi connectivity index (χ3v) is 4.49. The van der Waals surface area contributed by atoms with Crippen molar-refractivity contribution >= 4 is 11.6 Å². The number of hydrogen-bond donors (Lipinski definition) is 2. The van der Waals surface area contributed by atoms with Gasteiger partial charge in [-0.3, -0.25) is 19.7 Å². The van der Waals surface area contributed by atoms with Gasteiger partial charge in [0.2, 0.25) is 5.91 Å². The molecule has 4 rings (SSSR count). The van der Waals surface area contributed by atoms with Crippen LogP contribution in [0.3, 0.4) is 0 Å². The van der Waals surface area contributed by atoms with Crippen molar-refractivity contribution in [1.82, 2.24) is 24.9 Å². The van der Waals surface area contributed by atoms with E-state index >= 15 is 0 Å². The Labute approximate surface area is 166 Å². The van der Waals surface area contributed by atoms with Crippen LogP contribution in [0.5, 0.6) is 5.75 Å². The zero-order chi connectivity index (χ0) is 20.2. The molecule has 3 aromatic heterocycles. The standard InChI is InChI=1S/C21H19N5O3/c1-29-18-7-3-2-5-14(18)9-20(27)23-13-16-10-21(28)26-19(24-16)11-17(25-26)15-6-4-8-22-12-15/h2-8,10-12,25H,9,13H2,1H3,(H,23,27). The largest absolute Gasteiger partial charge is 0.496 e. The van der Waals surface area contributed by atoms with E-state index in [0.29, 0.717) is 17.1 Å². The molecule has 0 radical (unpaired) electrons. The van der Waals surface area contributed by atoms with Crippen LogP contribution in [0.25, 0.3) is 16.9 Å². The number of carbonyl (C=O) groups excluding carboxylic acids is 1. The fourth-order valence-corrected chi connectivity index (χ4v) is 3.07. The smallest absolute Gasteiger partial charge is 0.272 e. The van der Waals surface area contributed by atoms with Crippen molar-refractivity contribution in [1.29, 1.82) is 0 Å². The Bertz CT molecular complexity index is 1210. The van der Waals surface area contributed by atoms with Crippen molar-refractivity contribution in [2.75, 3.05) is 7.11 Å². The number of H-pyrrole nitrogens is 1. The maximum absolute atomic E-state index is 12.4. The molecule has 0 saturated heterocycles. The van der Waals surface area contributed by atoms with Gasteiger partial charge in [0.1, 0.15) is 5.75 Å². The molecule has 0 fully saturated rings. The van der Waals surface area contributed by atoms with Gasteiger partial charge in [0.05, 0.1) is 31.5 Å². The Kier molecular flexibility index (Phi) is 5.07. The molecule has 0 spiro atoms. The molecule has 8 nitrogen and oxygen atoms in total. The molecule has 0 aliphatic carbocycles. The summed E-state index contributed by atoms with van der Waals surface area (Å²) in [7, 11) is 1.57. The number of amides is 1. The molecule has 2 N–H and O–H groups in total. The van der Waals surface area contributed by atoms with Gasteiger partial charge in [-0.05, 0) is 18.2 Å². The molecular weight excluding hydrogens is 370 g/mol. The maximum Gasteiger partial charge on any atom is 0.272 e. The molecule has 0 atom stereocenters. The Hall–Kier alpha value is -3.94. The summed E-state index contributed by atoms with van der Waals surface area (Å²) in [5.41, 5.74) is 3.09. The van der Waals surface area contributed by atoms with Crippen LogP contribution in [0.2, 0.25) is 0 Å². The number of aromatic nitrogens is 4. The van der Waals surface area contributed by atoms with Gasteiger partial charge in [-0.2, -0.15) is 0 Å². The van der Waals surface area contributed by atoms with Crippen molar-refractivity contribution in [2.45, 2.75) is 13.0 Å². The Morgan fingerprint density at radius 3 is 2.86 bits per heavy atom. The summed E-state index contributed by atoms with van der Waals surface area (Å²) in [5.74, 6) is 0.484. The van der Waals surface area contributed by atoms with E-state index in [1.807, 2.05) is 36.4 Å². The van der Waals surface area contributed by atoms with E-state index < -0.39 is 0 Å². The van der Waals surface area contributed by atoms with Crippen LogP contribution >= 0.6 is 0 Å². The van der Waals surface area contributed by atoms with Crippen LogP contribution in [-0.2, 0) is 17.8 Å². The molecule has 0 bridgehead atoms. The average Bonchev–Trinajstić information content (AvgIpc) is 3.18. The second kappa shape index (κ2) is 7.97. The van der Waals surface area contributed by atoms with Crippen molar-refractivity contribution in [3.8, 4) is 17.0 Å². The number of benzene rings is 1. The molecule has 4 aromatic rings. The van der Waals surface area contributed by atoms with Crippen molar-refractivity contribution in [2.24, 2.45) is 0 Å². The lowest BCUT2D eigenvalue weighted by molar-refractivity contribution is -0.120. The van der Waals surface area contributed by atoms with Crippen LogP contribution in [0, 0.1) is 0 Å². The van der Waals surface area contributed by atoms with Crippen LogP contribution in [-0.4, -0.2) is 32.6 Å². The summed E-state index contributed by atoms with van der Waals surface area (Å²) in [6.45, 7) is 0.160. The summed E-state index contributed by atoms with van der Waals surface area (Å²) in [6.07, 6.45) is 3.57. The van der Waals surface area contributed by atoms with Crippen LogP contribution in [0.4, 0.5) is 0 Å². The highest BCUT2D eigenvalue weighted by Gasteiger charge is 2.11. The lowest BCUT2D eigenvalue weighted by atomic mass is 10.1. The molecular formula is C21H19N5O3. The number of ether oxygens (including phenoxy) is 1. The van der Waals surface area contributed by atoms with Gasteiger partial charge in [0, 0.05) is 35.7 Å². The predicted octanol–water partition coefficient (Wildman–Crippen LogP) is 1.95.